The molecule has 0 saturated carbocycles. The molecule has 1 rings (SSSR count). The van der Waals surface area contributed by atoms with E-state index in [2.05, 4.69) is 45.6 Å². The predicted octanol–water partition coefficient (Wildman–Crippen LogP) is 3.96. The minimum Gasteiger partial charge on any atom is -0.507 e. The third kappa shape index (κ3) is 4.54. The molecule has 2 nitrogen and oxygen atoms in total. The van der Waals surface area contributed by atoms with Gasteiger partial charge in [-0.25, -0.2) is 0 Å². The smallest absolute Gasteiger partial charge is 0.122 e. The van der Waals surface area contributed by atoms with Gasteiger partial charge in [-0.1, -0.05) is 52.8 Å². The summed E-state index contributed by atoms with van der Waals surface area (Å²) in [5.41, 5.74) is 2.13. The topological polar surface area (TPSA) is 23.5 Å². The maximum atomic E-state index is 10.4. The van der Waals surface area contributed by atoms with E-state index in [9.17, 15) is 5.11 Å². The summed E-state index contributed by atoms with van der Waals surface area (Å²) in [5.74, 6) is 0.495. The first-order valence-electron chi connectivity index (χ1n) is 7.43. The first kappa shape index (κ1) is 16.0. The highest BCUT2D eigenvalue weighted by molar-refractivity contribution is 5.44. The Bertz CT molecular complexity index is 389. The number of nitrogens with zero attached hydrogens (tertiary/aromatic N) is 1. The largest absolute Gasteiger partial charge is 0.507 e. The van der Waals surface area contributed by atoms with Crippen LogP contribution in [-0.4, -0.2) is 29.6 Å². The summed E-state index contributed by atoms with van der Waals surface area (Å²) in [4.78, 5) is 2.42. The summed E-state index contributed by atoms with van der Waals surface area (Å²) >= 11 is 0. The van der Waals surface area contributed by atoms with Gasteiger partial charge in [-0.15, -0.1) is 0 Å². The van der Waals surface area contributed by atoms with Gasteiger partial charge < -0.3 is 10.0 Å². The van der Waals surface area contributed by atoms with Crippen molar-refractivity contribution in [2.45, 2.75) is 52.9 Å². The molecule has 0 aliphatic carbocycles. The second-order valence-corrected chi connectivity index (χ2v) is 6.19. The number of phenols is 1. The molecule has 1 aromatic carbocycles. The third-order valence-electron chi connectivity index (χ3n) is 3.74. The van der Waals surface area contributed by atoms with Gasteiger partial charge in [0.1, 0.15) is 5.75 Å². The number of hydrogen-bond acceptors (Lipinski definition) is 2. The molecule has 0 heterocycles. The van der Waals surface area contributed by atoms with Gasteiger partial charge in [0.15, 0.2) is 0 Å². The van der Waals surface area contributed by atoms with E-state index in [1.807, 2.05) is 12.1 Å². The molecule has 108 valence electrons. The van der Waals surface area contributed by atoms with Gasteiger partial charge in [0.2, 0.25) is 0 Å². The van der Waals surface area contributed by atoms with Crippen LogP contribution in [0.5, 0.6) is 5.75 Å². The fourth-order valence-corrected chi connectivity index (χ4v) is 2.43. The molecule has 0 fully saturated rings. The molecular weight excluding hydrogens is 234 g/mol. The second-order valence-electron chi connectivity index (χ2n) is 6.19. The molecule has 0 aromatic heterocycles. The monoisotopic (exact) mass is 263 g/mol. The lowest BCUT2D eigenvalue weighted by Gasteiger charge is -2.22. The highest BCUT2D eigenvalue weighted by Gasteiger charge is 2.19. The van der Waals surface area contributed by atoms with Crippen molar-refractivity contribution in [2.24, 2.45) is 0 Å². The Balaban J connectivity index is 2.70. The molecule has 0 radical (unpaired) electrons. The highest BCUT2D eigenvalue weighted by atomic mass is 16.3. The fourth-order valence-electron chi connectivity index (χ4n) is 2.43. The zero-order valence-corrected chi connectivity index (χ0v) is 13.2. The van der Waals surface area contributed by atoms with Gasteiger partial charge in [-0.2, -0.15) is 0 Å². The molecule has 1 N–H and O–H groups in total. The lowest BCUT2D eigenvalue weighted by atomic mass is 9.85. The van der Waals surface area contributed by atoms with Crippen LogP contribution in [0.15, 0.2) is 18.2 Å². The molecule has 0 aliphatic heterocycles. The Morgan fingerprint density at radius 1 is 1.11 bits per heavy atom. The number of aryl methyl sites for hydroxylation is 1. The van der Waals surface area contributed by atoms with E-state index in [0.29, 0.717) is 5.75 Å². The van der Waals surface area contributed by atoms with Crippen LogP contribution in [0.3, 0.4) is 0 Å². The van der Waals surface area contributed by atoms with Crippen LogP contribution >= 0.6 is 0 Å². The minimum atomic E-state index is -0.00103. The molecule has 1 aromatic rings. The van der Waals surface area contributed by atoms with Crippen molar-refractivity contribution in [3.8, 4) is 5.75 Å². The zero-order chi connectivity index (χ0) is 14.5. The van der Waals surface area contributed by atoms with Crippen molar-refractivity contribution in [1.29, 1.82) is 0 Å². The predicted molar refractivity (Wildman–Crippen MR) is 82.9 cm³/mol. The van der Waals surface area contributed by atoms with E-state index in [1.165, 1.54) is 0 Å². The van der Waals surface area contributed by atoms with Gasteiger partial charge in [0, 0.05) is 0 Å². The van der Waals surface area contributed by atoms with E-state index in [0.717, 1.165) is 43.6 Å². The number of para-hydroxylation sites is 1. The highest BCUT2D eigenvalue weighted by Crippen LogP contribution is 2.33. The molecule has 2 heteroatoms. The first-order valence-corrected chi connectivity index (χ1v) is 7.43. The third-order valence-corrected chi connectivity index (χ3v) is 3.74. The summed E-state index contributed by atoms with van der Waals surface area (Å²) in [6, 6.07) is 6.14. The van der Waals surface area contributed by atoms with E-state index < -0.39 is 0 Å². The van der Waals surface area contributed by atoms with Gasteiger partial charge in [0.25, 0.3) is 0 Å². The summed E-state index contributed by atoms with van der Waals surface area (Å²) in [7, 11) is 0. The molecule has 0 saturated heterocycles. The van der Waals surface area contributed by atoms with Crippen LogP contribution < -0.4 is 0 Å². The van der Waals surface area contributed by atoms with Crippen molar-refractivity contribution < 1.29 is 5.11 Å². The summed E-state index contributed by atoms with van der Waals surface area (Å²) in [5, 5.41) is 10.4. The van der Waals surface area contributed by atoms with Crippen molar-refractivity contribution in [3.63, 3.8) is 0 Å². The molecule has 0 bridgehead atoms. The number of phenolic OH excluding ortho intramolecular Hbond substituents is 1. The Kier molecular flexibility index (Phi) is 5.86. The normalized spacial score (nSPS) is 12.1. The quantitative estimate of drug-likeness (QED) is 0.839. The molecular formula is C17H29NO. The molecule has 0 unspecified atom stereocenters. The Hall–Kier alpha value is -1.02. The van der Waals surface area contributed by atoms with Gasteiger partial charge in [-0.05, 0) is 49.0 Å². The van der Waals surface area contributed by atoms with Crippen molar-refractivity contribution in [3.05, 3.63) is 29.3 Å². The molecule has 0 atom stereocenters. The van der Waals surface area contributed by atoms with Crippen molar-refractivity contribution >= 4 is 0 Å². The lowest BCUT2D eigenvalue weighted by molar-refractivity contribution is 0.299. The van der Waals surface area contributed by atoms with E-state index in [4.69, 9.17) is 0 Å². The standard InChI is InChI=1S/C17H29NO/c1-6-18(7-2)13-9-11-14-10-8-12-15(16(14)19)17(3,4)5/h8,10,12,19H,6-7,9,11,13H2,1-5H3. The second kappa shape index (κ2) is 6.95. The fraction of sp³-hybridized carbons (Fsp3) is 0.647. The molecule has 0 spiro atoms. The Labute approximate surface area is 118 Å². The van der Waals surface area contributed by atoms with Crippen LogP contribution in [-0.2, 0) is 11.8 Å². The van der Waals surface area contributed by atoms with Crippen molar-refractivity contribution in [1.82, 2.24) is 4.90 Å². The number of benzene rings is 1. The van der Waals surface area contributed by atoms with Crippen LogP contribution in [0.25, 0.3) is 0 Å². The number of aromatic hydroxyl groups is 1. The number of hydrogen-bond donors (Lipinski definition) is 1. The zero-order valence-electron chi connectivity index (χ0n) is 13.2. The van der Waals surface area contributed by atoms with Gasteiger partial charge in [0.05, 0.1) is 0 Å². The van der Waals surface area contributed by atoms with Crippen LogP contribution in [0.2, 0.25) is 0 Å². The Morgan fingerprint density at radius 3 is 2.26 bits per heavy atom. The van der Waals surface area contributed by atoms with Crippen molar-refractivity contribution in [2.75, 3.05) is 19.6 Å². The summed E-state index contributed by atoms with van der Waals surface area (Å²) < 4.78 is 0. The maximum Gasteiger partial charge on any atom is 0.122 e. The van der Waals surface area contributed by atoms with E-state index >= 15 is 0 Å². The number of rotatable bonds is 6. The van der Waals surface area contributed by atoms with Crippen LogP contribution in [0.1, 0.15) is 52.2 Å². The van der Waals surface area contributed by atoms with Gasteiger partial charge in [-0.3, -0.25) is 0 Å². The van der Waals surface area contributed by atoms with Crippen LogP contribution in [0, 0.1) is 0 Å². The minimum absolute atomic E-state index is 0.00103. The van der Waals surface area contributed by atoms with Gasteiger partial charge >= 0.3 is 0 Å². The molecule has 0 aliphatic rings. The summed E-state index contributed by atoms with van der Waals surface area (Å²) in [6.07, 6.45) is 2.05. The maximum absolute atomic E-state index is 10.4. The van der Waals surface area contributed by atoms with E-state index in [1.54, 1.807) is 0 Å². The summed E-state index contributed by atoms with van der Waals surface area (Å²) in [6.45, 7) is 14.1. The van der Waals surface area contributed by atoms with E-state index in [-0.39, 0.29) is 5.41 Å². The average molecular weight is 263 g/mol. The molecule has 0 amide bonds. The average Bonchev–Trinajstić information content (AvgIpc) is 2.35. The Morgan fingerprint density at radius 2 is 1.74 bits per heavy atom. The first-order chi connectivity index (χ1) is 8.90. The van der Waals surface area contributed by atoms with Crippen LogP contribution in [0.4, 0.5) is 0 Å². The molecule has 19 heavy (non-hydrogen) atoms. The lowest BCUT2D eigenvalue weighted by Crippen LogP contribution is -2.24. The SMILES string of the molecule is CCN(CC)CCCc1cccc(C(C)(C)C)c1O.